The number of carboxylic acid groups (broad SMARTS) is 1. The molecule has 0 saturated carbocycles. The highest BCUT2D eigenvalue weighted by Gasteiger charge is 2.30. The summed E-state index contributed by atoms with van der Waals surface area (Å²) < 4.78 is 0. The number of aromatic hydroxyl groups is 1. The average Bonchev–Trinajstić information content (AvgIpc) is 2.66. The molecule has 0 radical (unpaired) electrons. The van der Waals surface area contributed by atoms with Gasteiger partial charge < -0.3 is 32.3 Å². The van der Waals surface area contributed by atoms with Gasteiger partial charge in [0.05, 0.1) is 12.5 Å². The number of aliphatic carboxylic acids is 1. The Kier molecular flexibility index (Phi) is 9.07. The monoisotopic (exact) mass is 408 g/mol. The van der Waals surface area contributed by atoms with Crippen molar-refractivity contribution in [1.82, 2.24) is 10.6 Å². The third kappa shape index (κ3) is 7.78. The fraction of sp³-hybridized carbons (Fsp3) is 0.474. The van der Waals surface area contributed by atoms with Gasteiger partial charge in [-0.3, -0.25) is 14.4 Å². The van der Waals surface area contributed by atoms with Gasteiger partial charge in [-0.25, -0.2) is 4.79 Å². The molecular weight excluding hydrogens is 380 g/mol. The molecule has 3 amide bonds. The van der Waals surface area contributed by atoms with E-state index >= 15 is 0 Å². The topological polar surface area (TPSA) is 185 Å². The predicted molar refractivity (Wildman–Crippen MR) is 105 cm³/mol. The van der Waals surface area contributed by atoms with E-state index in [0.717, 1.165) is 0 Å². The van der Waals surface area contributed by atoms with E-state index in [1.807, 2.05) is 6.92 Å². The zero-order valence-electron chi connectivity index (χ0n) is 16.4. The first-order valence-corrected chi connectivity index (χ1v) is 9.20. The van der Waals surface area contributed by atoms with Crippen LogP contribution >= 0.6 is 0 Å². The molecule has 1 aromatic rings. The molecule has 0 spiro atoms. The molecule has 0 aliphatic heterocycles. The maximum Gasteiger partial charge on any atom is 0.326 e. The van der Waals surface area contributed by atoms with Crippen molar-refractivity contribution in [2.75, 3.05) is 0 Å². The highest BCUT2D eigenvalue weighted by atomic mass is 16.4. The number of phenolic OH excluding ortho intramolecular Hbond substituents is 1. The summed E-state index contributed by atoms with van der Waals surface area (Å²) in [7, 11) is 0. The van der Waals surface area contributed by atoms with Crippen LogP contribution in [0.1, 0.15) is 32.3 Å². The largest absolute Gasteiger partial charge is 0.508 e. The van der Waals surface area contributed by atoms with Crippen molar-refractivity contribution in [3.8, 4) is 5.75 Å². The Morgan fingerprint density at radius 1 is 1.03 bits per heavy atom. The predicted octanol–water partition coefficient (Wildman–Crippen LogP) is -0.762. The quantitative estimate of drug-likeness (QED) is 0.278. The van der Waals surface area contributed by atoms with Gasteiger partial charge in [0, 0.05) is 6.42 Å². The minimum absolute atomic E-state index is 0.0218. The summed E-state index contributed by atoms with van der Waals surface area (Å²) in [5.74, 6) is -3.77. The molecule has 0 saturated heterocycles. The molecule has 0 aliphatic carbocycles. The highest BCUT2D eigenvalue weighted by molar-refractivity contribution is 5.93. The van der Waals surface area contributed by atoms with E-state index in [0.29, 0.717) is 12.0 Å². The lowest BCUT2D eigenvalue weighted by Crippen LogP contribution is -2.56. The van der Waals surface area contributed by atoms with Crippen LogP contribution in [0.2, 0.25) is 0 Å². The van der Waals surface area contributed by atoms with E-state index in [4.69, 9.17) is 11.5 Å². The first-order chi connectivity index (χ1) is 13.5. The minimum atomic E-state index is -1.53. The third-order valence-corrected chi connectivity index (χ3v) is 4.59. The molecule has 0 bridgehead atoms. The Hall–Kier alpha value is -3.14. The molecule has 0 aromatic heterocycles. The first-order valence-electron chi connectivity index (χ1n) is 9.20. The van der Waals surface area contributed by atoms with Crippen molar-refractivity contribution < 1.29 is 29.4 Å². The number of carboxylic acids is 1. The summed E-state index contributed by atoms with van der Waals surface area (Å²) in [4.78, 5) is 47.5. The van der Waals surface area contributed by atoms with Gasteiger partial charge >= 0.3 is 5.97 Å². The number of carbonyl (C=O) groups is 4. The Morgan fingerprint density at radius 2 is 1.59 bits per heavy atom. The van der Waals surface area contributed by atoms with Gasteiger partial charge in [-0.15, -0.1) is 0 Å². The zero-order chi connectivity index (χ0) is 22.1. The summed E-state index contributed by atoms with van der Waals surface area (Å²) in [6.07, 6.45) is 0.0877. The number of benzene rings is 1. The number of phenols is 1. The van der Waals surface area contributed by atoms with Crippen molar-refractivity contribution in [3.05, 3.63) is 29.8 Å². The smallest absolute Gasteiger partial charge is 0.326 e. The van der Waals surface area contributed by atoms with E-state index in [1.165, 1.54) is 12.1 Å². The van der Waals surface area contributed by atoms with Crippen molar-refractivity contribution in [3.63, 3.8) is 0 Å². The number of carbonyl (C=O) groups excluding carboxylic acids is 3. The van der Waals surface area contributed by atoms with Crippen molar-refractivity contribution in [2.24, 2.45) is 17.4 Å². The molecule has 4 atom stereocenters. The number of hydrogen-bond acceptors (Lipinski definition) is 6. The number of primary amides is 1. The normalized spacial score (nSPS) is 14.9. The Labute approximate surface area is 168 Å². The molecule has 160 valence electrons. The van der Waals surface area contributed by atoms with Crippen molar-refractivity contribution in [2.45, 2.75) is 51.2 Å². The van der Waals surface area contributed by atoms with E-state index in [9.17, 15) is 29.4 Å². The van der Waals surface area contributed by atoms with Crippen LogP contribution in [-0.2, 0) is 25.6 Å². The SMILES string of the molecule is CCC(C)C(N)C(=O)NC(Cc1ccc(O)cc1)C(=O)NC(CC(N)=O)C(=O)O. The lowest BCUT2D eigenvalue weighted by molar-refractivity contribution is -0.143. The summed E-state index contributed by atoms with van der Waals surface area (Å²) in [5, 5.41) is 23.4. The van der Waals surface area contributed by atoms with Gasteiger partial charge in [-0.1, -0.05) is 32.4 Å². The second kappa shape index (κ2) is 11.0. The first kappa shape index (κ1) is 23.9. The second-order valence-electron chi connectivity index (χ2n) is 6.91. The Bertz CT molecular complexity index is 737. The molecule has 1 aromatic carbocycles. The van der Waals surface area contributed by atoms with Gasteiger partial charge in [0.25, 0.3) is 0 Å². The van der Waals surface area contributed by atoms with Crippen LogP contribution < -0.4 is 22.1 Å². The minimum Gasteiger partial charge on any atom is -0.508 e. The standard InChI is InChI=1S/C19H28N4O6/c1-3-10(2)16(21)18(27)22-13(8-11-4-6-12(24)7-5-11)17(26)23-14(19(28)29)9-15(20)25/h4-7,10,13-14,16,24H,3,8-9,21H2,1-2H3,(H2,20,25)(H,22,27)(H,23,26)(H,28,29). The van der Waals surface area contributed by atoms with Crippen LogP contribution in [0.3, 0.4) is 0 Å². The van der Waals surface area contributed by atoms with Crippen LogP contribution in [0.5, 0.6) is 5.75 Å². The summed E-state index contributed by atoms with van der Waals surface area (Å²) in [6.45, 7) is 3.67. The van der Waals surface area contributed by atoms with Crippen LogP contribution in [0.4, 0.5) is 0 Å². The lowest BCUT2D eigenvalue weighted by atomic mass is 9.98. The summed E-state index contributed by atoms with van der Waals surface area (Å²) in [6, 6.07) is 2.45. The van der Waals surface area contributed by atoms with Crippen LogP contribution in [0.15, 0.2) is 24.3 Å². The van der Waals surface area contributed by atoms with Gasteiger partial charge in [-0.2, -0.15) is 0 Å². The Morgan fingerprint density at radius 3 is 2.07 bits per heavy atom. The maximum atomic E-state index is 12.7. The number of nitrogens with two attached hydrogens (primary N) is 2. The molecule has 29 heavy (non-hydrogen) atoms. The average molecular weight is 408 g/mol. The molecule has 1 rings (SSSR count). The maximum absolute atomic E-state index is 12.7. The van der Waals surface area contributed by atoms with E-state index in [2.05, 4.69) is 10.6 Å². The molecular formula is C19H28N4O6. The molecule has 4 unspecified atom stereocenters. The second-order valence-corrected chi connectivity index (χ2v) is 6.91. The summed E-state index contributed by atoms with van der Waals surface area (Å²) >= 11 is 0. The molecule has 8 N–H and O–H groups in total. The van der Waals surface area contributed by atoms with E-state index in [1.54, 1.807) is 19.1 Å². The fourth-order valence-corrected chi connectivity index (χ4v) is 2.53. The summed E-state index contributed by atoms with van der Waals surface area (Å²) in [5.41, 5.74) is 11.6. The Balaban J connectivity index is 3.02. The van der Waals surface area contributed by atoms with Crippen LogP contribution in [0, 0.1) is 5.92 Å². The molecule has 10 nitrogen and oxygen atoms in total. The van der Waals surface area contributed by atoms with Gasteiger partial charge in [-0.05, 0) is 23.6 Å². The lowest BCUT2D eigenvalue weighted by Gasteiger charge is -2.24. The fourth-order valence-electron chi connectivity index (χ4n) is 2.53. The van der Waals surface area contributed by atoms with Crippen LogP contribution in [0.25, 0.3) is 0 Å². The number of rotatable bonds is 11. The molecule has 0 fully saturated rings. The van der Waals surface area contributed by atoms with E-state index < -0.39 is 48.2 Å². The van der Waals surface area contributed by atoms with Crippen molar-refractivity contribution in [1.29, 1.82) is 0 Å². The van der Waals surface area contributed by atoms with Crippen molar-refractivity contribution >= 4 is 23.7 Å². The van der Waals surface area contributed by atoms with Gasteiger partial charge in [0.1, 0.15) is 17.8 Å². The number of hydrogen-bond donors (Lipinski definition) is 6. The van der Waals surface area contributed by atoms with Gasteiger partial charge in [0.15, 0.2) is 0 Å². The van der Waals surface area contributed by atoms with Gasteiger partial charge in [0.2, 0.25) is 17.7 Å². The molecule has 10 heteroatoms. The number of nitrogens with one attached hydrogen (secondary N) is 2. The number of amides is 3. The molecule has 0 heterocycles. The van der Waals surface area contributed by atoms with E-state index in [-0.39, 0.29) is 18.1 Å². The highest BCUT2D eigenvalue weighted by Crippen LogP contribution is 2.12. The zero-order valence-corrected chi connectivity index (χ0v) is 16.4. The molecule has 0 aliphatic rings. The third-order valence-electron chi connectivity index (χ3n) is 4.59. The van der Waals surface area contributed by atoms with Crippen LogP contribution in [-0.4, -0.2) is 52.0 Å².